The smallest absolute Gasteiger partial charge is 0.349 e. The normalized spacial score (nSPS) is 32.3. The first kappa shape index (κ1) is 24.5. The van der Waals surface area contributed by atoms with Crippen LogP contribution in [0.25, 0.3) is 0 Å². The highest BCUT2D eigenvalue weighted by Gasteiger charge is 2.48. The number of fused-ring (bicyclic) bond motifs is 2. The van der Waals surface area contributed by atoms with Gasteiger partial charge in [-0.1, -0.05) is 0 Å². The van der Waals surface area contributed by atoms with Crippen LogP contribution in [0, 0.1) is 6.92 Å². The van der Waals surface area contributed by atoms with E-state index in [1.165, 1.54) is 12.8 Å². The van der Waals surface area contributed by atoms with Crippen LogP contribution in [0.2, 0.25) is 0 Å². The fraction of sp³-hybridized carbons (Fsp3) is 0.727. The largest absolute Gasteiger partial charge is 0.427 e. The van der Waals surface area contributed by atoms with E-state index in [2.05, 4.69) is 10.6 Å². The third-order valence-corrected chi connectivity index (χ3v) is 7.19. The van der Waals surface area contributed by atoms with Crippen molar-refractivity contribution in [3.63, 3.8) is 0 Å². The van der Waals surface area contributed by atoms with Gasteiger partial charge in [-0.15, -0.1) is 24.8 Å². The molecule has 5 rings (SSSR count). The second-order valence-corrected chi connectivity index (χ2v) is 9.34. The van der Waals surface area contributed by atoms with Crippen molar-refractivity contribution < 1.29 is 13.9 Å². The third kappa shape index (κ3) is 4.81. The van der Waals surface area contributed by atoms with Crippen molar-refractivity contribution in [2.75, 3.05) is 32.8 Å². The highest BCUT2D eigenvalue weighted by atomic mass is 35.5. The number of rotatable bonds is 2. The van der Waals surface area contributed by atoms with Crippen molar-refractivity contribution in [1.82, 2.24) is 15.5 Å². The Morgan fingerprint density at radius 1 is 1.19 bits per heavy atom. The third-order valence-electron chi connectivity index (χ3n) is 7.19. The first-order valence-electron chi connectivity index (χ1n) is 11.1. The number of aryl methyl sites for hydroxylation is 1. The Morgan fingerprint density at radius 2 is 1.94 bits per heavy atom. The summed E-state index contributed by atoms with van der Waals surface area (Å²) in [5.74, 6) is 0.693. The highest BCUT2D eigenvalue weighted by molar-refractivity contribution is 5.95. The van der Waals surface area contributed by atoms with Gasteiger partial charge >= 0.3 is 5.63 Å². The molecule has 0 aliphatic carbocycles. The molecule has 1 amide bonds. The van der Waals surface area contributed by atoms with Crippen LogP contribution in [0.4, 0.5) is 0 Å². The molecule has 4 atom stereocenters. The van der Waals surface area contributed by atoms with Gasteiger partial charge in [-0.25, -0.2) is 4.79 Å². The number of carbonyl (C=O) groups excluding carboxylic acids is 1. The number of ether oxygens (including phenoxy) is 1. The SMILES string of the molecule is Cc1cc(C2CCCNC2)oc(=O)c1C(=O)N1CCOC2(C[C@H]3CC[C@@H](C2)N3)C1.Cl.Cl. The maximum Gasteiger partial charge on any atom is 0.349 e. The van der Waals surface area contributed by atoms with E-state index in [0.29, 0.717) is 37.5 Å². The predicted molar refractivity (Wildman–Crippen MR) is 123 cm³/mol. The Bertz CT molecular complexity index is 844. The monoisotopic (exact) mass is 473 g/mol. The number of nitrogens with zero attached hydrogens (tertiary/aromatic N) is 1. The summed E-state index contributed by atoms with van der Waals surface area (Å²) in [4.78, 5) is 27.9. The molecule has 4 aliphatic heterocycles. The molecule has 7 nitrogen and oxygen atoms in total. The summed E-state index contributed by atoms with van der Waals surface area (Å²) in [6, 6.07) is 2.87. The molecule has 2 unspecified atom stereocenters. The Morgan fingerprint density at radius 3 is 2.58 bits per heavy atom. The Hall–Kier alpha value is -1.12. The molecule has 174 valence electrons. The molecule has 9 heteroatoms. The molecule has 2 N–H and O–H groups in total. The van der Waals surface area contributed by atoms with Crippen molar-refractivity contribution in [3.8, 4) is 0 Å². The van der Waals surface area contributed by atoms with Gasteiger partial charge in [0.25, 0.3) is 5.91 Å². The van der Waals surface area contributed by atoms with Crippen LogP contribution in [0.15, 0.2) is 15.3 Å². The average molecular weight is 474 g/mol. The Balaban J connectivity index is 0.00000136. The minimum atomic E-state index is -0.499. The number of hydrogen-bond acceptors (Lipinski definition) is 6. The van der Waals surface area contributed by atoms with E-state index in [9.17, 15) is 9.59 Å². The van der Waals surface area contributed by atoms with Gasteiger partial charge in [-0.05, 0) is 63.6 Å². The van der Waals surface area contributed by atoms with E-state index in [-0.39, 0.29) is 47.8 Å². The van der Waals surface area contributed by atoms with Gasteiger partial charge in [0, 0.05) is 31.1 Å². The number of amides is 1. The minimum absolute atomic E-state index is 0. The molecule has 4 aliphatic rings. The molecule has 31 heavy (non-hydrogen) atoms. The first-order chi connectivity index (χ1) is 14.0. The van der Waals surface area contributed by atoms with E-state index < -0.39 is 5.63 Å². The number of halogens is 2. The van der Waals surface area contributed by atoms with Crippen LogP contribution >= 0.6 is 24.8 Å². The number of nitrogens with one attached hydrogen (secondary N) is 2. The molecule has 1 spiro atoms. The van der Waals surface area contributed by atoms with Gasteiger partial charge in [-0.2, -0.15) is 0 Å². The van der Waals surface area contributed by atoms with Crippen LogP contribution in [-0.4, -0.2) is 61.3 Å². The summed E-state index contributed by atoms with van der Waals surface area (Å²) >= 11 is 0. The zero-order valence-corrected chi connectivity index (χ0v) is 19.6. The molecule has 0 radical (unpaired) electrons. The fourth-order valence-electron chi connectivity index (χ4n) is 5.81. The summed E-state index contributed by atoms with van der Waals surface area (Å²) < 4.78 is 11.9. The lowest BCUT2D eigenvalue weighted by Crippen LogP contribution is -2.60. The lowest BCUT2D eigenvalue weighted by atomic mass is 9.85. The quantitative estimate of drug-likeness (QED) is 0.685. The maximum atomic E-state index is 13.3. The molecule has 2 bridgehead atoms. The van der Waals surface area contributed by atoms with Crippen molar-refractivity contribution in [2.45, 2.75) is 69.1 Å². The van der Waals surface area contributed by atoms with Crippen molar-refractivity contribution in [2.24, 2.45) is 0 Å². The van der Waals surface area contributed by atoms with E-state index in [4.69, 9.17) is 9.15 Å². The first-order valence-corrected chi connectivity index (χ1v) is 11.1. The lowest BCUT2D eigenvalue weighted by molar-refractivity contribution is -0.122. The highest BCUT2D eigenvalue weighted by Crippen LogP contribution is 2.38. The van der Waals surface area contributed by atoms with Gasteiger partial charge in [0.15, 0.2) is 0 Å². The summed E-state index contributed by atoms with van der Waals surface area (Å²) in [5, 5.41) is 6.99. The van der Waals surface area contributed by atoms with Crippen molar-refractivity contribution in [3.05, 3.63) is 33.4 Å². The number of piperidine rings is 2. The molecule has 4 fully saturated rings. The second kappa shape index (κ2) is 9.79. The average Bonchev–Trinajstić information content (AvgIpc) is 3.07. The van der Waals surface area contributed by atoms with Gasteiger partial charge in [-0.3, -0.25) is 4.79 Å². The summed E-state index contributed by atoms with van der Waals surface area (Å²) in [6.07, 6.45) is 6.32. The van der Waals surface area contributed by atoms with E-state index >= 15 is 0 Å². The molecule has 0 aromatic carbocycles. The van der Waals surface area contributed by atoms with Crippen LogP contribution in [0.1, 0.15) is 66.1 Å². The predicted octanol–water partition coefficient (Wildman–Crippen LogP) is 2.38. The summed E-state index contributed by atoms with van der Waals surface area (Å²) in [6.45, 7) is 5.29. The topological polar surface area (TPSA) is 83.8 Å². The van der Waals surface area contributed by atoms with E-state index in [0.717, 1.165) is 44.3 Å². The number of carbonyl (C=O) groups is 1. The fourth-order valence-corrected chi connectivity index (χ4v) is 5.81. The van der Waals surface area contributed by atoms with Crippen molar-refractivity contribution in [1.29, 1.82) is 0 Å². The van der Waals surface area contributed by atoms with Gasteiger partial charge < -0.3 is 24.7 Å². The van der Waals surface area contributed by atoms with E-state index in [1.54, 1.807) is 0 Å². The molecular weight excluding hydrogens is 441 g/mol. The zero-order valence-electron chi connectivity index (χ0n) is 18.0. The molecule has 1 aromatic rings. The number of morpholine rings is 1. The standard InChI is InChI=1S/C22H31N3O4.2ClH/c1-14-9-18(15-3-2-6-23-12-15)29-21(27)19(14)20(26)25-7-8-28-22(13-25)10-16-4-5-17(11-22)24-16;;/h9,15-17,23-24H,2-8,10-13H2,1H3;2*1H/t15?,16-,17+,22?;;. The van der Waals surface area contributed by atoms with Crippen molar-refractivity contribution >= 4 is 30.7 Å². The molecule has 4 saturated heterocycles. The Labute approximate surface area is 195 Å². The maximum absolute atomic E-state index is 13.3. The Kier molecular flexibility index (Phi) is 7.75. The zero-order chi connectivity index (χ0) is 20.0. The van der Waals surface area contributed by atoms with Gasteiger partial charge in [0.05, 0.1) is 18.8 Å². The number of hydrogen-bond donors (Lipinski definition) is 2. The second-order valence-electron chi connectivity index (χ2n) is 9.34. The molecular formula is C22H33Cl2N3O4. The van der Waals surface area contributed by atoms with Gasteiger partial charge in [0.1, 0.15) is 11.3 Å². The molecule has 0 saturated carbocycles. The van der Waals surface area contributed by atoms with Crippen LogP contribution in [0.5, 0.6) is 0 Å². The molecule has 1 aromatic heterocycles. The van der Waals surface area contributed by atoms with Gasteiger partial charge in [0.2, 0.25) is 0 Å². The van der Waals surface area contributed by atoms with Crippen LogP contribution in [-0.2, 0) is 4.74 Å². The molecule has 5 heterocycles. The summed E-state index contributed by atoms with van der Waals surface area (Å²) in [7, 11) is 0. The lowest BCUT2D eigenvalue weighted by Gasteiger charge is -2.47. The van der Waals surface area contributed by atoms with E-state index in [1.807, 2.05) is 17.9 Å². The van der Waals surface area contributed by atoms with Crippen LogP contribution < -0.4 is 16.3 Å². The minimum Gasteiger partial charge on any atom is -0.427 e. The summed E-state index contributed by atoms with van der Waals surface area (Å²) in [5.41, 5.74) is 0.137. The van der Waals surface area contributed by atoms with Crippen LogP contribution in [0.3, 0.4) is 0 Å².